The number of aryl methyl sites for hydroxylation is 1. The first-order valence-electron chi connectivity index (χ1n) is 9.96. The molecule has 4 rings (SSSR count). The summed E-state index contributed by atoms with van der Waals surface area (Å²) in [6.45, 7) is 5.87. The fourth-order valence-corrected chi connectivity index (χ4v) is 3.49. The van der Waals surface area contributed by atoms with Crippen molar-refractivity contribution in [3.8, 4) is 11.4 Å². The summed E-state index contributed by atoms with van der Waals surface area (Å²) in [5.74, 6) is 0.297. The zero-order chi connectivity index (χ0) is 20.9. The van der Waals surface area contributed by atoms with Gasteiger partial charge in [0.2, 0.25) is 0 Å². The zero-order valence-corrected chi connectivity index (χ0v) is 16.9. The predicted molar refractivity (Wildman–Crippen MR) is 116 cm³/mol. The SMILES string of the molecule is Cc1cc(=O)[nH]c(-c2cccc(NC(=O)c3cccc(CN4CCOCC4)c3)c2)n1. The van der Waals surface area contributed by atoms with E-state index in [1.165, 1.54) is 6.07 Å². The number of benzene rings is 2. The maximum absolute atomic E-state index is 12.8. The molecule has 2 aromatic carbocycles. The summed E-state index contributed by atoms with van der Waals surface area (Å²) in [6.07, 6.45) is 0. The molecule has 2 heterocycles. The number of anilines is 1. The molecule has 1 saturated heterocycles. The van der Waals surface area contributed by atoms with Gasteiger partial charge in [-0.15, -0.1) is 0 Å². The molecular weight excluding hydrogens is 380 g/mol. The minimum Gasteiger partial charge on any atom is -0.379 e. The van der Waals surface area contributed by atoms with Crippen molar-refractivity contribution in [3.63, 3.8) is 0 Å². The maximum atomic E-state index is 12.8. The molecule has 30 heavy (non-hydrogen) atoms. The number of ether oxygens (including phenoxy) is 1. The second-order valence-electron chi connectivity index (χ2n) is 7.36. The average molecular weight is 404 g/mol. The van der Waals surface area contributed by atoms with E-state index < -0.39 is 0 Å². The Kier molecular flexibility index (Phi) is 6.02. The van der Waals surface area contributed by atoms with Crippen molar-refractivity contribution >= 4 is 11.6 Å². The van der Waals surface area contributed by atoms with Gasteiger partial charge < -0.3 is 15.0 Å². The van der Waals surface area contributed by atoms with Crippen molar-refractivity contribution in [2.75, 3.05) is 31.6 Å². The molecule has 2 N–H and O–H groups in total. The van der Waals surface area contributed by atoms with E-state index in [0.29, 0.717) is 22.8 Å². The summed E-state index contributed by atoms with van der Waals surface area (Å²) in [5.41, 5.74) is 3.51. The highest BCUT2D eigenvalue weighted by Crippen LogP contribution is 2.20. The van der Waals surface area contributed by atoms with Gasteiger partial charge >= 0.3 is 0 Å². The number of rotatable bonds is 5. The summed E-state index contributed by atoms with van der Waals surface area (Å²) in [6, 6.07) is 16.4. The van der Waals surface area contributed by atoms with Crippen molar-refractivity contribution in [1.29, 1.82) is 0 Å². The molecule has 0 spiro atoms. The Balaban J connectivity index is 1.49. The second kappa shape index (κ2) is 9.02. The quantitative estimate of drug-likeness (QED) is 0.683. The van der Waals surface area contributed by atoms with E-state index in [-0.39, 0.29) is 11.5 Å². The van der Waals surface area contributed by atoms with Gasteiger partial charge in [-0.3, -0.25) is 14.5 Å². The highest BCUT2D eigenvalue weighted by molar-refractivity contribution is 6.04. The number of carbonyl (C=O) groups excluding carboxylic acids is 1. The van der Waals surface area contributed by atoms with Crippen LogP contribution in [0.25, 0.3) is 11.4 Å². The normalized spacial score (nSPS) is 14.4. The Labute approximate surface area is 174 Å². The van der Waals surface area contributed by atoms with E-state index in [1.54, 1.807) is 13.0 Å². The van der Waals surface area contributed by atoms with Crippen molar-refractivity contribution < 1.29 is 9.53 Å². The van der Waals surface area contributed by atoms with Crippen LogP contribution in [0, 0.1) is 6.92 Å². The van der Waals surface area contributed by atoms with E-state index in [9.17, 15) is 9.59 Å². The fraction of sp³-hybridized carbons (Fsp3) is 0.261. The number of aromatic amines is 1. The van der Waals surface area contributed by atoms with Crippen LogP contribution < -0.4 is 10.9 Å². The van der Waals surface area contributed by atoms with Crippen molar-refractivity contribution in [2.45, 2.75) is 13.5 Å². The summed E-state index contributed by atoms with van der Waals surface area (Å²) >= 11 is 0. The van der Waals surface area contributed by atoms with Crippen molar-refractivity contribution in [1.82, 2.24) is 14.9 Å². The van der Waals surface area contributed by atoms with Crippen LogP contribution in [0.5, 0.6) is 0 Å². The third kappa shape index (κ3) is 5.00. The van der Waals surface area contributed by atoms with Gasteiger partial charge in [0, 0.05) is 48.2 Å². The van der Waals surface area contributed by atoms with Crippen LogP contribution in [0.1, 0.15) is 21.6 Å². The molecule has 1 aliphatic rings. The lowest BCUT2D eigenvalue weighted by Crippen LogP contribution is -2.35. The molecule has 1 aliphatic heterocycles. The van der Waals surface area contributed by atoms with Gasteiger partial charge in [0.15, 0.2) is 0 Å². The van der Waals surface area contributed by atoms with Crippen LogP contribution in [0.4, 0.5) is 5.69 Å². The minimum atomic E-state index is -0.205. The van der Waals surface area contributed by atoms with Crippen molar-refractivity contribution in [2.24, 2.45) is 0 Å². The zero-order valence-electron chi connectivity index (χ0n) is 16.9. The van der Waals surface area contributed by atoms with E-state index >= 15 is 0 Å². The first-order chi connectivity index (χ1) is 14.6. The summed E-state index contributed by atoms with van der Waals surface area (Å²) in [7, 11) is 0. The number of morpholine rings is 1. The Morgan fingerprint density at radius 3 is 2.73 bits per heavy atom. The summed E-state index contributed by atoms with van der Waals surface area (Å²) in [4.78, 5) is 33.9. The third-order valence-electron chi connectivity index (χ3n) is 4.96. The van der Waals surface area contributed by atoms with Crippen LogP contribution in [0.3, 0.4) is 0 Å². The average Bonchev–Trinajstić information content (AvgIpc) is 2.74. The summed E-state index contributed by atoms with van der Waals surface area (Å²) < 4.78 is 5.39. The van der Waals surface area contributed by atoms with Gasteiger partial charge in [0.1, 0.15) is 5.82 Å². The van der Waals surface area contributed by atoms with E-state index in [4.69, 9.17) is 4.74 Å². The number of hydrogen-bond donors (Lipinski definition) is 2. The first-order valence-corrected chi connectivity index (χ1v) is 9.96. The Bertz CT molecular complexity index is 1100. The standard InChI is InChI=1S/C23H24N4O3/c1-16-12-21(28)26-22(24-16)18-5-3-7-20(14-18)25-23(29)19-6-2-4-17(13-19)15-27-8-10-30-11-9-27/h2-7,12-14H,8-11,15H2,1H3,(H,25,29)(H,24,26,28). The van der Waals surface area contributed by atoms with E-state index in [2.05, 4.69) is 20.2 Å². The third-order valence-corrected chi connectivity index (χ3v) is 4.96. The molecule has 0 aliphatic carbocycles. The Morgan fingerprint density at radius 1 is 1.13 bits per heavy atom. The van der Waals surface area contributed by atoms with Gasteiger partial charge in [-0.2, -0.15) is 0 Å². The highest BCUT2D eigenvalue weighted by atomic mass is 16.5. The molecular formula is C23H24N4O3. The molecule has 3 aromatic rings. The van der Waals surface area contributed by atoms with Crippen LogP contribution in [-0.4, -0.2) is 47.1 Å². The topological polar surface area (TPSA) is 87.3 Å². The predicted octanol–water partition coefficient (Wildman–Crippen LogP) is 2.83. The largest absolute Gasteiger partial charge is 0.379 e. The molecule has 0 radical (unpaired) electrons. The molecule has 0 unspecified atom stereocenters. The van der Waals surface area contributed by atoms with Gasteiger partial charge in [-0.1, -0.05) is 24.3 Å². The van der Waals surface area contributed by atoms with E-state index in [0.717, 1.165) is 44.0 Å². The van der Waals surface area contributed by atoms with Gasteiger partial charge in [-0.05, 0) is 36.8 Å². The van der Waals surface area contributed by atoms with Crippen LogP contribution >= 0.6 is 0 Å². The molecule has 0 bridgehead atoms. The number of aromatic nitrogens is 2. The van der Waals surface area contributed by atoms with Crippen molar-refractivity contribution in [3.05, 3.63) is 81.8 Å². The lowest BCUT2D eigenvalue weighted by atomic mass is 10.1. The number of H-pyrrole nitrogens is 1. The van der Waals surface area contributed by atoms with Gasteiger partial charge in [-0.25, -0.2) is 4.98 Å². The fourth-order valence-electron chi connectivity index (χ4n) is 3.49. The second-order valence-corrected chi connectivity index (χ2v) is 7.36. The van der Waals surface area contributed by atoms with Crippen LogP contribution in [-0.2, 0) is 11.3 Å². The molecule has 0 saturated carbocycles. The highest BCUT2D eigenvalue weighted by Gasteiger charge is 2.13. The van der Waals surface area contributed by atoms with Gasteiger partial charge in [0.25, 0.3) is 11.5 Å². The van der Waals surface area contributed by atoms with E-state index in [1.807, 2.05) is 42.5 Å². The molecule has 1 aromatic heterocycles. The lowest BCUT2D eigenvalue weighted by molar-refractivity contribution is 0.0342. The first kappa shape index (κ1) is 20.0. The minimum absolute atomic E-state index is 0.179. The number of nitrogens with zero attached hydrogens (tertiary/aromatic N) is 2. The monoisotopic (exact) mass is 404 g/mol. The molecule has 7 nitrogen and oxygen atoms in total. The number of amides is 1. The van der Waals surface area contributed by atoms with Crippen LogP contribution in [0.15, 0.2) is 59.4 Å². The Morgan fingerprint density at radius 2 is 1.93 bits per heavy atom. The molecule has 1 amide bonds. The lowest BCUT2D eigenvalue weighted by Gasteiger charge is -2.26. The van der Waals surface area contributed by atoms with Gasteiger partial charge in [0.05, 0.1) is 13.2 Å². The number of nitrogens with one attached hydrogen (secondary N) is 2. The molecule has 154 valence electrons. The summed E-state index contributed by atoms with van der Waals surface area (Å²) in [5, 5.41) is 2.94. The number of hydrogen-bond acceptors (Lipinski definition) is 5. The maximum Gasteiger partial charge on any atom is 0.255 e. The molecule has 7 heteroatoms. The smallest absolute Gasteiger partial charge is 0.255 e. The molecule has 0 atom stereocenters. The molecule has 1 fully saturated rings. The Hall–Kier alpha value is -3.29. The number of carbonyl (C=O) groups is 1. The van der Waals surface area contributed by atoms with Crippen LogP contribution in [0.2, 0.25) is 0 Å².